The third-order valence-electron chi connectivity index (χ3n) is 2.91. The molecule has 0 aliphatic rings. The minimum Gasteiger partial charge on any atom is -0.266 e. The Morgan fingerprint density at radius 3 is 2.94 bits per heavy atom. The van der Waals surface area contributed by atoms with Gasteiger partial charge >= 0.3 is 0 Å². The Morgan fingerprint density at radius 2 is 2.00 bits per heavy atom. The number of hydrogen-bond acceptors (Lipinski definition) is 4. The summed E-state index contributed by atoms with van der Waals surface area (Å²) in [5.74, 6) is 0. The molecule has 0 saturated carbocycles. The Bertz CT molecular complexity index is 955. The van der Waals surface area contributed by atoms with E-state index >= 15 is 0 Å². The molecule has 3 heterocycles. The number of para-hydroxylation sites is 1. The van der Waals surface area contributed by atoms with Crippen molar-refractivity contribution in [2.24, 2.45) is 0 Å². The smallest absolute Gasteiger partial charge is 0.266 e. The van der Waals surface area contributed by atoms with Gasteiger partial charge in [-0.2, -0.15) is 0 Å². The Labute approximate surface area is 105 Å². The molecule has 86 valence electrons. The van der Waals surface area contributed by atoms with E-state index in [1.54, 1.807) is 16.7 Å². The predicted octanol–water partition coefficient (Wildman–Crippen LogP) is 2.46. The van der Waals surface area contributed by atoms with E-state index in [4.69, 9.17) is 0 Å². The average molecular weight is 253 g/mol. The summed E-state index contributed by atoms with van der Waals surface area (Å²) in [6.45, 7) is 0. The fraction of sp³-hybridized carbons (Fsp3) is 0. The molecule has 0 atom stereocenters. The lowest BCUT2D eigenvalue weighted by atomic mass is 10.3. The Balaban J connectivity index is 2.39. The van der Waals surface area contributed by atoms with E-state index in [0.717, 1.165) is 10.2 Å². The summed E-state index contributed by atoms with van der Waals surface area (Å²) >= 11 is 1.51. The Morgan fingerprint density at radius 1 is 1.11 bits per heavy atom. The van der Waals surface area contributed by atoms with E-state index in [2.05, 4.69) is 9.97 Å². The van der Waals surface area contributed by atoms with Gasteiger partial charge in [-0.3, -0.25) is 4.79 Å². The second-order valence-corrected chi connectivity index (χ2v) is 4.98. The average Bonchev–Trinajstić information content (AvgIpc) is 2.77. The number of pyridine rings is 1. The maximum absolute atomic E-state index is 12.4. The molecule has 0 spiro atoms. The SMILES string of the molecule is O=c1c2ncccc2nc2sc3ccccc3n12. The zero-order valence-corrected chi connectivity index (χ0v) is 10.0. The van der Waals surface area contributed by atoms with E-state index < -0.39 is 0 Å². The molecule has 1 aromatic carbocycles. The van der Waals surface area contributed by atoms with Crippen LogP contribution in [0.5, 0.6) is 0 Å². The highest BCUT2D eigenvalue weighted by molar-refractivity contribution is 7.23. The van der Waals surface area contributed by atoms with Crippen molar-refractivity contribution in [2.75, 3.05) is 0 Å². The highest BCUT2D eigenvalue weighted by Gasteiger charge is 2.11. The van der Waals surface area contributed by atoms with Crippen molar-refractivity contribution in [2.45, 2.75) is 0 Å². The van der Waals surface area contributed by atoms with Crippen molar-refractivity contribution in [1.29, 1.82) is 0 Å². The molecule has 3 aromatic heterocycles. The van der Waals surface area contributed by atoms with Crippen LogP contribution in [0.1, 0.15) is 0 Å². The molecule has 0 unspecified atom stereocenters. The molecule has 0 radical (unpaired) electrons. The van der Waals surface area contributed by atoms with Crippen LogP contribution in [0.4, 0.5) is 0 Å². The van der Waals surface area contributed by atoms with Gasteiger partial charge in [-0.25, -0.2) is 14.4 Å². The van der Waals surface area contributed by atoms with E-state index in [0.29, 0.717) is 16.0 Å². The lowest BCUT2D eigenvalue weighted by Gasteiger charge is -1.97. The molecule has 0 N–H and O–H groups in total. The van der Waals surface area contributed by atoms with Gasteiger partial charge in [0.1, 0.15) is 0 Å². The van der Waals surface area contributed by atoms with Crippen LogP contribution in [0.2, 0.25) is 0 Å². The number of rotatable bonds is 0. The van der Waals surface area contributed by atoms with Crippen LogP contribution in [0, 0.1) is 0 Å². The highest BCUT2D eigenvalue weighted by atomic mass is 32.1. The molecule has 0 saturated heterocycles. The number of benzene rings is 1. The lowest BCUT2D eigenvalue weighted by Crippen LogP contribution is -2.14. The lowest BCUT2D eigenvalue weighted by molar-refractivity contribution is 1.14. The number of aromatic nitrogens is 3. The van der Waals surface area contributed by atoms with Crippen LogP contribution >= 0.6 is 11.3 Å². The fourth-order valence-electron chi connectivity index (χ4n) is 2.11. The van der Waals surface area contributed by atoms with Gasteiger partial charge in [0.15, 0.2) is 10.5 Å². The summed E-state index contributed by atoms with van der Waals surface area (Å²) in [6, 6.07) is 11.4. The van der Waals surface area contributed by atoms with Crippen LogP contribution in [-0.4, -0.2) is 14.4 Å². The minimum absolute atomic E-state index is 0.104. The van der Waals surface area contributed by atoms with Crippen LogP contribution in [0.3, 0.4) is 0 Å². The summed E-state index contributed by atoms with van der Waals surface area (Å²) < 4.78 is 2.69. The number of thiazole rings is 1. The quantitative estimate of drug-likeness (QED) is 0.483. The summed E-state index contributed by atoms with van der Waals surface area (Å²) in [6.07, 6.45) is 1.62. The van der Waals surface area contributed by atoms with Crippen LogP contribution in [0.15, 0.2) is 47.4 Å². The first-order valence-electron chi connectivity index (χ1n) is 5.49. The molecule has 0 fully saturated rings. The van der Waals surface area contributed by atoms with Crippen molar-refractivity contribution < 1.29 is 0 Å². The van der Waals surface area contributed by atoms with Crippen molar-refractivity contribution in [3.05, 3.63) is 52.9 Å². The van der Waals surface area contributed by atoms with E-state index in [1.165, 1.54) is 11.3 Å². The molecule has 0 bridgehead atoms. The zero-order valence-electron chi connectivity index (χ0n) is 9.20. The zero-order chi connectivity index (χ0) is 12.1. The van der Waals surface area contributed by atoms with Crippen LogP contribution in [0.25, 0.3) is 26.2 Å². The molecule has 0 amide bonds. The largest absolute Gasteiger partial charge is 0.285 e. The Kier molecular flexibility index (Phi) is 1.82. The molecule has 4 rings (SSSR count). The minimum atomic E-state index is -0.104. The second-order valence-electron chi connectivity index (χ2n) is 3.98. The van der Waals surface area contributed by atoms with E-state index in [1.807, 2.05) is 30.3 Å². The summed E-state index contributed by atoms with van der Waals surface area (Å²) in [7, 11) is 0. The Hall–Kier alpha value is -2.27. The summed E-state index contributed by atoms with van der Waals surface area (Å²) in [4.78, 5) is 21.8. The molecule has 0 aliphatic heterocycles. The molecular weight excluding hydrogens is 246 g/mol. The number of nitrogens with zero attached hydrogens (tertiary/aromatic N) is 3. The summed E-state index contributed by atoms with van der Waals surface area (Å²) in [5.41, 5.74) is 1.85. The first-order valence-corrected chi connectivity index (χ1v) is 6.31. The van der Waals surface area contributed by atoms with Crippen molar-refractivity contribution in [1.82, 2.24) is 14.4 Å². The van der Waals surface area contributed by atoms with Crippen LogP contribution in [-0.2, 0) is 0 Å². The van der Waals surface area contributed by atoms with Crippen LogP contribution < -0.4 is 5.56 Å². The molecule has 4 aromatic rings. The third-order valence-corrected chi connectivity index (χ3v) is 3.93. The maximum Gasteiger partial charge on any atom is 0.285 e. The molecule has 0 aliphatic carbocycles. The highest BCUT2D eigenvalue weighted by Crippen LogP contribution is 2.24. The van der Waals surface area contributed by atoms with Crippen molar-refractivity contribution in [3.8, 4) is 0 Å². The van der Waals surface area contributed by atoms with E-state index in [9.17, 15) is 4.79 Å². The van der Waals surface area contributed by atoms with Gasteiger partial charge in [0.2, 0.25) is 0 Å². The molecule has 18 heavy (non-hydrogen) atoms. The first kappa shape index (κ1) is 9.73. The molecule has 4 nitrogen and oxygen atoms in total. The molecule has 5 heteroatoms. The number of fused-ring (bicyclic) bond motifs is 4. The van der Waals surface area contributed by atoms with Gasteiger partial charge in [-0.05, 0) is 24.3 Å². The first-order chi connectivity index (χ1) is 8.84. The standard InChI is InChI=1S/C13H7N3OS/c17-12-11-8(4-3-7-14-11)15-13-16(12)9-5-1-2-6-10(9)18-13/h1-7H. The third kappa shape index (κ3) is 1.16. The molecular formula is C13H7N3OS. The summed E-state index contributed by atoms with van der Waals surface area (Å²) in [5, 5.41) is 0. The van der Waals surface area contributed by atoms with Crippen molar-refractivity contribution in [3.63, 3.8) is 0 Å². The predicted molar refractivity (Wildman–Crippen MR) is 72.1 cm³/mol. The maximum atomic E-state index is 12.4. The van der Waals surface area contributed by atoms with Gasteiger partial charge in [0, 0.05) is 6.20 Å². The van der Waals surface area contributed by atoms with Gasteiger partial charge < -0.3 is 0 Å². The fourth-order valence-corrected chi connectivity index (χ4v) is 3.13. The normalized spacial score (nSPS) is 11.6. The topological polar surface area (TPSA) is 47.3 Å². The monoisotopic (exact) mass is 253 g/mol. The van der Waals surface area contributed by atoms with Gasteiger partial charge in [0.25, 0.3) is 5.56 Å². The second kappa shape index (κ2) is 3.36. The van der Waals surface area contributed by atoms with Gasteiger partial charge in [-0.1, -0.05) is 23.5 Å². The van der Waals surface area contributed by atoms with E-state index in [-0.39, 0.29) is 5.56 Å². The van der Waals surface area contributed by atoms with Gasteiger partial charge in [-0.15, -0.1) is 0 Å². The number of hydrogen-bond donors (Lipinski definition) is 0. The van der Waals surface area contributed by atoms with Crippen molar-refractivity contribution >= 4 is 37.5 Å². The van der Waals surface area contributed by atoms with Gasteiger partial charge in [0.05, 0.1) is 15.7 Å².